The van der Waals surface area contributed by atoms with E-state index in [1.807, 2.05) is 13.0 Å². The van der Waals surface area contributed by atoms with Crippen LogP contribution in [0, 0.1) is 6.92 Å². The van der Waals surface area contributed by atoms with Crippen molar-refractivity contribution in [2.24, 2.45) is 0 Å². The maximum absolute atomic E-state index is 9.89. The fourth-order valence-corrected chi connectivity index (χ4v) is 2.66. The lowest BCUT2D eigenvalue weighted by Crippen LogP contribution is -2.47. The van der Waals surface area contributed by atoms with Gasteiger partial charge in [0.1, 0.15) is 12.7 Å². The number of hydrogen-bond donors (Lipinski definition) is 2. The quantitative estimate of drug-likeness (QED) is 0.814. The van der Waals surface area contributed by atoms with Gasteiger partial charge in [0.2, 0.25) is 0 Å². The van der Waals surface area contributed by atoms with Crippen molar-refractivity contribution in [1.82, 2.24) is 10.2 Å². The number of nitrogens with zero attached hydrogens (tertiary/aromatic N) is 1. The number of aryl methyl sites for hydroxylation is 1. The van der Waals surface area contributed by atoms with Crippen LogP contribution in [0.25, 0.3) is 0 Å². The molecule has 0 radical (unpaired) electrons. The summed E-state index contributed by atoms with van der Waals surface area (Å²) in [7, 11) is 0. The first-order valence-corrected chi connectivity index (χ1v) is 6.91. The number of β-amino-alcohol motifs (C(OH)–C–C–N with tert-alkyl or cyclic N) is 1. The highest BCUT2D eigenvalue weighted by atomic mass is 32.1. The zero-order chi connectivity index (χ0) is 12.1. The molecule has 2 heterocycles. The average Bonchev–Trinajstić information content (AvgIpc) is 2.74. The molecule has 1 aliphatic heterocycles. The molecule has 1 aromatic rings. The molecule has 4 nitrogen and oxygen atoms in total. The van der Waals surface area contributed by atoms with Gasteiger partial charge < -0.3 is 15.2 Å². The Kier molecular flexibility index (Phi) is 4.79. The topological polar surface area (TPSA) is 44.7 Å². The third-order valence-electron chi connectivity index (χ3n) is 2.80. The van der Waals surface area contributed by atoms with E-state index in [9.17, 15) is 5.11 Å². The molecular weight excluding hydrogens is 236 g/mol. The number of aliphatic hydroxyl groups is 1. The van der Waals surface area contributed by atoms with Crippen LogP contribution in [-0.2, 0) is 0 Å². The van der Waals surface area contributed by atoms with Crippen molar-refractivity contribution in [3.8, 4) is 5.06 Å². The van der Waals surface area contributed by atoms with Crippen molar-refractivity contribution < 1.29 is 9.84 Å². The lowest BCUT2D eigenvalue weighted by atomic mass is 10.3. The fraction of sp³-hybridized carbons (Fsp3) is 0.667. The second-order valence-electron chi connectivity index (χ2n) is 4.46. The zero-order valence-corrected chi connectivity index (χ0v) is 11.0. The Hall–Kier alpha value is -0.620. The first-order valence-electron chi connectivity index (χ1n) is 6.03. The monoisotopic (exact) mass is 256 g/mol. The summed E-state index contributed by atoms with van der Waals surface area (Å²) < 4.78 is 5.56. The predicted octanol–water partition coefficient (Wildman–Crippen LogP) is 0.701. The van der Waals surface area contributed by atoms with Crippen molar-refractivity contribution in [3.63, 3.8) is 0 Å². The number of nitrogens with one attached hydrogen (secondary N) is 1. The van der Waals surface area contributed by atoms with Crippen LogP contribution in [0.3, 0.4) is 0 Å². The molecule has 1 unspecified atom stereocenters. The van der Waals surface area contributed by atoms with Gasteiger partial charge in [-0.3, -0.25) is 4.90 Å². The van der Waals surface area contributed by atoms with Gasteiger partial charge in [-0.05, 0) is 23.9 Å². The van der Waals surface area contributed by atoms with Gasteiger partial charge in [0.05, 0.1) is 0 Å². The molecule has 2 rings (SSSR count). The van der Waals surface area contributed by atoms with E-state index in [4.69, 9.17) is 4.74 Å². The van der Waals surface area contributed by atoms with E-state index in [2.05, 4.69) is 15.6 Å². The molecule has 1 fully saturated rings. The standard InChI is InChI=1S/C12H20N2O2S/c1-10-6-12(17-9-10)16-8-11(15)7-14-4-2-13-3-5-14/h6,9,11,13,15H,2-5,7-8H2,1H3. The molecule has 0 aromatic carbocycles. The Labute approximate surface area is 106 Å². The van der Waals surface area contributed by atoms with Crippen LogP contribution >= 0.6 is 11.3 Å². The highest BCUT2D eigenvalue weighted by Gasteiger charge is 2.14. The lowest BCUT2D eigenvalue weighted by molar-refractivity contribution is 0.0654. The van der Waals surface area contributed by atoms with Crippen molar-refractivity contribution in [2.75, 3.05) is 39.3 Å². The maximum atomic E-state index is 9.89. The van der Waals surface area contributed by atoms with E-state index in [1.165, 1.54) is 5.56 Å². The van der Waals surface area contributed by atoms with Gasteiger partial charge in [-0.15, -0.1) is 11.3 Å². The maximum Gasteiger partial charge on any atom is 0.174 e. The van der Waals surface area contributed by atoms with E-state index in [0.717, 1.165) is 31.2 Å². The molecular formula is C12H20N2O2S. The smallest absolute Gasteiger partial charge is 0.174 e. The Balaban J connectivity index is 1.68. The van der Waals surface area contributed by atoms with E-state index in [0.29, 0.717) is 13.2 Å². The SMILES string of the molecule is Cc1csc(OCC(O)CN2CCNCC2)c1. The predicted molar refractivity (Wildman–Crippen MR) is 69.9 cm³/mol. The number of rotatable bonds is 5. The molecule has 96 valence electrons. The van der Waals surface area contributed by atoms with Gasteiger partial charge in [0.15, 0.2) is 5.06 Å². The molecule has 1 saturated heterocycles. The molecule has 1 atom stereocenters. The third-order valence-corrected chi connectivity index (χ3v) is 3.76. The first-order chi connectivity index (χ1) is 8.24. The fourth-order valence-electron chi connectivity index (χ4n) is 1.90. The van der Waals surface area contributed by atoms with Crippen LogP contribution in [0.5, 0.6) is 5.06 Å². The molecule has 5 heteroatoms. The Morgan fingerprint density at radius 2 is 2.29 bits per heavy atom. The van der Waals surface area contributed by atoms with E-state index in [-0.39, 0.29) is 0 Å². The lowest BCUT2D eigenvalue weighted by Gasteiger charge is -2.28. The zero-order valence-electron chi connectivity index (χ0n) is 10.2. The molecule has 0 aliphatic carbocycles. The van der Waals surface area contributed by atoms with Gasteiger partial charge >= 0.3 is 0 Å². The van der Waals surface area contributed by atoms with Crippen molar-refractivity contribution in [3.05, 3.63) is 17.0 Å². The first kappa shape index (κ1) is 12.8. The van der Waals surface area contributed by atoms with Gasteiger partial charge in [0.25, 0.3) is 0 Å². The normalized spacial score (nSPS) is 19.2. The highest BCUT2D eigenvalue weighted by molar-refractivity contribution is 7.12. The number of thiophene rings is 1. The van der Waals surface area contributed by atoms with Gasteiger partial charge in [0, 0.05) is 32.7 Å². The van der Waals surface area contributed by atoms with Crippen LogP contribution in [0.4, 0.5) is 0 Å². The molecule has 1 aliphatic rings. The Morgan fingerprint density at radius 3 is 2.94 bits per heavy atom. The Bertz CT molecular complexity index is 337. The van der Waals surface area contributed by atoms with E-state index in [1.54, 1.807) is 11.3 Å². The number of aliphatic hydroxyl groups excluding tert-OH is 1. The highest BCUT2D eigenvalue weighted by Crippen LogP contribution is 2.22. The Morgan fingerprint density at radius 1 is 1.53 bits per heavy atom. The average molecular weight is 256 g/mol. The minimum Gasteiger partial charge on any atom is -0.481 e. The summed E-state index contributed by atoms with van der Waals surface area (Å²) in [4.78, 5) is 2.27. The van der Waals surface area contributed by atoms with Gasteiger partial charge in [-0.2, -0.15) is 0 Å². The second-order valence-corrected chi connectivity index (χ2v) is 5.33. The van der Waals surface area contributed by atoms with Crippen LogP contribution < -0.4 is 10.1 Å². The molecule has 2 N–H and O–H groups in total. The minimum atomic E-state index is -0.407. The molecule has 0 saturated carbocycles. The number of ether oxygens (including phenoxy) is 1. The summed E-state index contributed by atoms with van der Waals surface area (Å²) in [5.41, 5.74) is 1.21. The van der Waals surface area contributed by atoms with Gasteiger partial charge in [-0.25, -0.2) is 0 Å². The number of hydrogen-bond acceptors (Lipinski definition) is 5. The van der Waals surface area contributed by atoms with Crippen LogP contribution in [0.15, 0.2) is 11.4 Å². The third kappa shape index (κ3) is 4.27. The van der Waals surface area contributed by atoms with E-state index >= 15 is 0 Å². The van der Waals surface area contributed by atoms with Crippen LogP contribution in [0.2, 0.25) is 0 Å². The second kappa shape index (κ2) is 6.35. The summed E-state index contributed by atoms with van der Waals surface area (Å²) in [5, 5.41) is 16.1. The largest absolute Gasteiger partial charge is 0.481 e. The molecule has 0 bridgehead atoms. The van der Waals surface area contributed by atoms with Crippen LogP contribution in [0.1, 0.15) is 5.56 Å². The summed E-state index contributed by atoms with van der Waals surface area (Å²) in [6, 6.07) is 2.00. The summed E-state index contributed by atoms with van der Waals surface area (Å²) >= 11 is 1.58. The minimum absolute atomic E-state index is 0.379. The summed E-state index contributed by atoms with van der Waals surface area (Å²) in [6.45, 7) is 7.16. The van der Waals surface area contributed by atoms with E-state index < -0.39 is 6.10 Å². The summed E-state index contributed by atoms with van der Waals surface area (Å²) in [5.74, 6) is 0. The van der Waals surface area contributed by atoms with Gasteiger partial charge in [-0.1, -0.05) is 0 Å². The van der Waals surface area contributed by atoms with Crippen molar-refractivity contribution >= 4 is 11.3 Å². The molecule has 0 spiro atoms. The molecule has 0 amide bonds. The van der Waals surface area contributed by atoms with Crippen molar-refractivity contribution in [1.29, 1.82) is 0 Å². The summed E-state index contributed by atoms with van der Waals surface area (Å²) in [6.07, 6.45) is -0.407. The van der Waals surface area contributed by atoms with Crippen molar-refractivity contribution in [2.45, 2.75) is 13.0 Å². The van der Waals surface area contributed by atoms with Crippen LogP contribution in [-0.4, -0.2) is 55.4 Å². The number of piperazine rings is 1. The molecule has 1 aromatic heterocycles. The molecule has 17 heavy (non-hydrogen) atoms.